The number of nitrogens with two attached hydrogens (primary N) is 1. The maximum Gasteiger partial charge on any atom is 0.257 e. The average molecular weight is 306 g/mol. The molecule has 0 fully saturated rings. The highest BCUT2D eigenvalue weighted by molar-refractivity contribution is 7.10. The van der Waals surface area contributed by atoms with Crippen molar-refractivity contribution in [1.29, 1.82) is 0 Å². The number of nitrogens with one attached hydrogen (secondary N) is 1. The molecule has 0 spiro atoms. The lowest BCUT2D eigenvalue weighted by Crippen LogP contribution is -2.38. The third-order valence-electron chi connectivity index (χ3n) is 3.79. The Balaban J connectivity index is 1.93. The fourth-order valence-corrected chi connectivity index (χ4v) is 3.61. The van der Waals surface area contributed by atoms with Crippen LogP contribution in [0.15, 0.2) is 23.7 Å². The highest BCUT2D eigenvalue weighted by atomic mass is 32.1. The molecule has 1 amide bonds. The van der Waals surface area contributed by atoms with E-state index in [4.69, 9.17) is 5.84 Å². The molecule has 3 rings (SSSR count). The summed E-state index contributed by atoms with van der Waals surface area (Å²) in [6, 6.07) is 3.35. The number of carbonyl (C=O) groups is 1. The van der Waals surface area contributed by atoms with Gasteiger partial charge in [0.05, 0.1) is 11.6 Å². The number of halogens is 1. The van der Waals surface area contributed by atoms with Crippen molar-refractivity contribution in [2.45, 2.75) is 19.4 Å². The van der Waals surface area contributed by atoms with Gasteiger partial charge in [-0.2, -0.15) is 0 Å². The largest absolute Gasteiger partial charge is 0.331 e. The van der Waals surface area contributed by atoms with Crippen molar-refractivity contribution in [3.63, 3.8) is 0 Å². The van der Waals surface area contributed by atoms with Gasteiger partial charge < -0.3 is 10.3 Å². The van der Waals surface area contributed by atoms with E-state index in [-0.39, 0.29) is 23.3 Å². The van der Waals surface area contributed by atoms with E-state index >= 15 is 0 Å². The number of hydrogen-bond acceptors (Lipinski definition) is 5. The Morgan fingerprint density at radius 1 is 1.57 bits per heavy atom. The van der Waals surface area contributed by atoms with Gasteiger partial charge in [-0.05, 0) is 36.4 Å². The topological polar surface area (TPSA) is 71.2 Å². The average Bonchev–Trinajstić information content (AvgIpc) is 2.97. The standard InChI is InChI=1S/C14H15FN4OS/c1-8-9-4-7-21-11(9)3-6-19(8)14(20)10-2-5-17-13(18-16)12(10)15/h2,4-5,7-8H,3,6,16H2,1H3,(H,17,18). The predicted octanol–water partition coefficient (Wildman–Crippen LogP) is 2.33. The monoisotopic (exact) mass is 306 g/mol. The quantitative estimate of drug-likeness (QED) is 0.660. The van der Waals surface area contributed by atoms with Crippen LogP contribution in [-0.2, 0) is 6.42 Å². The van der Waals surface area contributed by atoms with Crippen LogP contribution < -0.4 is 11.3 Å². The molecule has 1 atom stereocenters. The van der Waals surface area contributed by atoms with E-state index in [0.717, 1.165) is 12.0 Å². The predicted molar refractivity (Wildman–Crippen MR) is 79.5 cm³/mol. The Hall–Kier alpha value is -1.99. The summed E-state index contributed by atoms with van der Waals surface area (Å²) in [5.74, 6) is 4.02. The molecule has 1 aliphatic heterocycles. The fraction of sp³-hybridized carbons (Fsp3) is 0.286. The summed E-state index contributed by atoms with van der Waals surface area (Å²) in [7, 11) is 0. The number of nitrogen functional groups attached to an aromatic ring is 1. The second-order valence-corrected chi connectivity index (χ2v) is 5.89. The summed E-state index contributed by atoms with van der Waals surface area (Å²) < 4.78 is 14.2. The Morgan fingerprint density at radius 2 is 2.38 bits per heavy atom. The number of thiophene rings is 1. The molecule has 21 heavy (non-hydrogen) atoms. The van der Waals surface area contributed by atoms with Gasteiger partial charge in [0.1, 0.15) is 0 Å². The van der Waals surface area contributed by atoms with Gasteiger partial charge in [0.25, 0.3) is 5.91 Å². The normalized spacial score (nSPS) is 17.5. The molecule has 0 radical (unpaired) electrons. The third-order valence-corrected chi connectivity index (χ3v) is 4.79. The van der Waals surface area contributed by atoms with Crippen LogP contribution in [0.5, 0.6) is 0 Å². The van der Waals surface area contributed by atoms with Gasteiger partial charge in [-0.1, -0.05) is 0 Å². The van der Waals surface area contributed by atoms with Crippen LogP contribution in [0.25, 0.3) is 0 Å². The van der Waals surface area contributed by atoms with Crippen LogP contribution in [0.3, 0.4) is 0 Å². The smallest absolute Gasteiger partial charge is 0.257 e. The molecule has 5 nitrogen and oxygen atoms in total. The van der Waals surface area contributed by atoms with Crippen molar-refractivity contribution in [2.75, 3.05) is 12.0 Å². The van der Waals surface area contributed by atoms with Crippen molar-refractivity contribution >= 4 is 23.1 Å². The summed E-state index contributed by atoms with van der Waals surface area (Å²) in [5.41, 5.74) is 3.29. The molecule has 110 valence electrons. The number of hydrogen-bond donors (Lipinski definition) is 2. The minimum Gasteiger partial charge on any atom is -0.331 e. The van der Waals surface area contributed by atoms with Gasteiger partial charge in [0.2, 0.25) is 0 Å². The maximum absolute atomic E-state index is 14.2. The summed E-state index contributed by atoms with van der Waals surface area (Å²) in [6.07, 6.45) is 2.17. The number of fused-ring (bicyclic) bond motifs is 1. The molecule has 2 aromatic rings. The molecule has 1 aliphatic rings. The van der Waals surface area contributed by atoms with E-state index in [1.807, 2.05) is 18.4 Å². The molecule has 1 unspecified atom stereocenters. The van der Waals surface area contributed by atoms with Crippen molar-refractivity contribution < 1.29 is 9.18 Å². The summed E-state index contributed by atoms with van der Waals surface area (Å²) >= 11 is 1.70. The number of aromatic nitrogens is 1. The fourth-order valence-electron chi connectivity index (χ4n) is 2.65. The van der Waals surface area contributed by atoms with Gasteiger partial charge in [-0.15, -0.1) is 11.3 Å². The van der Waals surface area contributed by atoms with Gasteiger partial charge in [-0.25, -0.2) is 15.2 Å². The van der Waals surface area contributed by atoms with Crippen LogP contribution in [-0.4, -0.2) is 22.3 Å². The Kier molecular flexibility index (Phi) is 3.60. The lowest BCUT2D eigenvalue weighted by atomic mass is 10.0. The SMILES string of the molecule is CC1c2ccsc2CCN1C(=O)c1ccnc(NN)c1F. The number of nitrogens with zero attached hydrogens (tertiary/aromatic N) is 2. The number of amides is 1. The van der Waals surface area contributed by atoms with E-state index < -0.39 is 5.82 Å². The minimum atomic E-state index is -0.715. The first-order chi connectivity index (χ1) is 10.1. The lowest BCUT2D eigenvalue weighted by Gasteiger charge is -2.33. The zero-order valence-corrected chi connectivity index (χ0v) is 12.3. The molecule has 0 aliphatic carbocycles. The van der Waals surface area contributed by atoms with Gasteiger partial charge >= 0.3 is 0 Å². The molecule has 0 bridgehead atoms. The Bertz CT molecular complexity index is 687. The van der Waals surface area contributed by atoms with Crippen molar-refractivity contribution in [2.24, 2.45) is 5.84 Å². The first-order valence-corrected chi connectivity index (χ1v) is 7.49. The van der Waals surface area contributed by atoms with E-state index in [2.05, 4.69) is 10.4 Å². The second-order valence-electron chi connectivity index (χ2n) is 4.89. The van der Waals surface area contributed by atoms with Crippen LogP contribution in [0.2, 0.25) is 0 Å². The second kappa shape index (κ2) is 5.42. The van der Waals surface area contributed by atoms with Crippen LogP contribution in [0, 0.1) is 5.82 Å². The van der Waals surface area contributed by atoms with Gasteiger partial charge in [0.15, 0.2) is 11.6 Å². The third kappa shape index (κ3) is 2.28. The molecule has 0 saturated carbocycles. The summed E-state index contributed by atoms with van der Waals surface area (Å²) in [5, 5.41) is 2.03. The molecule has 0 saturated heterocycles. The molecular weight excluding hydrogens is 291 g/mol. The van der Waals surface area contributed by atoms with Crippen molar-refractivity contribution in [3.05, 3.63) is 45.5 Å². The first kappa shape index (κ1) is 14.0. The van der Waals surface area contributed by atoms with E-state index in [1.54, 1.807) is 16.2 Å². The number of anilines is 1. The minimum absolute atomic E-state index is 0.0107. The van der Waals surface area contributed by atoms with E-state index in [1.165, 1.54) is 17.1 Å². The van der Waals surface area contributed by atoms with Gasteiger partial charge in [0, 0.05) is 17.6 Å². The number of pyridine rings is 1. The zero-order valence-electron chi connectivity index (χ0n) is 11.5. The Morgan fingerprint density at radius 3 is 3.14 bits per heavy atom. The van der Waals surface area contributed by atoms with Gasteiger partial charge in [-0.3, -0.25) is 4.79 Å². The number of rotatable bonds is 2. The molecule has 3 N–H and O–H groups in total. The maximum atomic E-state index is 14.2. The summed E-state index contributed by atoms with van der Waals surface area (Å²) in [4.78, 5) is 19.4. The highest BCUT2D eigenvalue weighted by Gasteiger charge is 2.30. The highest BCUT2D eigenvalue weighted by Crippen LogP contribution is 2.34. The molecule has 7 heteroatoms. The van der Waals surface area contributed by atoms with Crippen LogP contribution in [0.4, 0.5) is 10.2 Å². The summed E-state index contributed by atoms with van der Waals surface area (Å²) in [6.45, 7) is 2.55. The molecule has 0 aromatic carbocycles. The van der Waals surface area contributed by atoms with Crippen LogP contribution in [0.1, 0.15) is 33.8 Å². The first-order valence-electron chi connectivity index (χ1n) is 6.62. The van der Waals surface area contributed by atoms with E-state index in [9.17, 15) is 9.18 Å². The van der Waals surface area contributed by atoms with Crippen molar-refractivity contribution in [3.8, 4) is 0 Å². The lowest BCUT2D eigenvalue weighted by molar-refractivity contribution is 0.0674. The zero-order chi connectivity index (χ0) is 15.0. The Labute approximate surface area is 125 Å². The number of hydrazine groups is 1. The molecule has 2 aromatic heterocycles. The van der Waals surface area contributed by atoms with Crippen LogP contribution >= 0.6 is 11.3 Å². The number of carbonyl (C=O) groups excluding carboxylic acids is 1. The molecular formula is C14H15FN4OS. The van der Waals surface area contributed by atoms with Crippen molar-refractivity contribution in [1.82, 2.24) is 9.88 Å². The van der Waals surface area contributed by atoms with E-state index in [0.29, 0.717) is 6.54 Å². The molecule has 3 heterocycles.